The minimum absolute atomic E-state index is 0.193. The molecular weight excluding hydrogens is 238 g/mol. The Morgan fingerprint density at radius 2 is 2.05 bits per heavy atom. The average Bonchev–Trinajstić information content (AvgIpc) is 3.07. The highest BCUT2D eigenvalue weighted by Crippen LogP contribution is 2.36. The normalized spacial score (nSPS) is 30.0. The van der Waals surface area contributed by atoms with Crippen molar-refractivity contribution in [1.29, 1.82) is 0 Å². The summed E-state index contributed by atoms with van der Waals surface area (Å²) in [6, 6.07) is 0.193. The SMILES string of the molecule is CC1CCC(c2noc(CC(N)C3CCCC3)n2)C1. The maximum atomic E-state index is 6.27. The maximum Gasteiger partial charge on any atom is 0.228 e. The molecule has 1 heterocycles. The molecular formula is C15H25N3O. The Balaban J connectivity index is 1.58. The third kappa shape index (κ3) is 2.99. The summed E-state index contributed by atoms with van der Waals surface area (Å²) < 4.78 is 5.40. The van der Waals surface area contributed by atoms with Crippen molar-refractivity contribution < 1.29 is 4.52 Å². The van der Waals surface area contributed by atoms with Crippen molar-refractivity contribution in [3.05, 3.63) is 11.7 Å². The monoisotopic (exact) mass is 263 g/mol. The van der Waals surface area contributed by atoms with E-state index >= 15 is 0 Å². The van der Waals surface area contributed by atoms with Crippen molar-refractivity contribution in [1.82, 2.24) is 10.1 Å². The second-order valence-corrected chi connectivity index (χ2v) is 6.57. The van der Waals surface area contributed by atoms with Crippen LogP contribution in [0.4, 0.5) is 0 Å². The van der Waals surface area contributed by atoms with Crippen LogP contribution in [0.25, 0.3) is 0 Å². The first-order valence-electron chi connectivity index (χ1n) is 7.80. The van der Waals surface area contributed by atoms with Crippen LogP contribution in [0.3, 0.4) is 0 Å². The largest absolute Gasteiger partial charge is 0.339 e. The van der Waals surface area contributed by atoms with Gasteiger partial charge in [-0.2, -0.15) is 4.98 Å². The number of nitrogens with two attached hydrogens (primary N) is 1. The summed E-state index contributed by atoms with van der Waals surface area (Å²) >= 11 is 0. The Labute approximate surface area is 115 Å². The Bertz CT molecular complexity index is 411. The first kappa shape index (κ1) is 13.1. The van der Waals surface area contributed by atoms with E-state index in [4.69, 9.17) is 10.3 Å². The molecule has 2 saturated carbocycles. The van der Waals surface area contributed by atoms with E-state index in [1.807, 2.05) is 0 Å². The molecule has 2 fully saturated rings. The van der Waals surface area contributed by atoms with E-state index in [1.54, 1.807) is 0 Å². The summed E-state index contributed by atoms with van der Waals surface area (Å²) in [5.41, 5.74) is 6.27. The smallest absolute Gasteiger partial charge is 0.228 e. The first-order chi connectivity index (χ1) is 9.22. The third-order valence-electron chi connectivity index (χ3n) is 4.96. The zero-order valence-corrected chi connectivity index (χ0v) is 11.8. The molecule has 3 atom stereocenters. The van der Waals surface area contributed by atoms with Crippen LogP contribution in [0.1, 0.15) is 69.5 Å². The van der Waals surface area contributed by atoms with E-state index < -0.39 is 0 Å². The Morgan fingerprint density at radius 1 is 1.26 bits per heavy atom. The highest BCUT2D eigenvalue weighted by molar-refractivity contribution is 5.00. The standard InChI is InChI=1S/C15H25N3O/c1-10-6-7-12(8-10)15-17-14(19-18-15)9-13(16)11-4-2-3-5-11/h10-13H,2-9,16H2,1H3. The van der Waals surface area contributed by atoms with Gasteiger partial charge in [0.25, 0.3) is 0 Å². The molecule has 0 spiro atoms. The summed E-state index contributed by atoms with van der Waals surface area (Å²) in [5.74, 6) is 3.62. The summed E-state index contributed by atoms with van der Waals surface area (Å²) in [7, 11) is 0. The summed E-state index contributed by atoms with van der Waals surface area (Å²) in [6.45, 7) is 2.30. The minimum atomic E-state index is 0.193. The molecule has 0 amide bonds. The fraction of sp³-hybridized carbons (Fsp3) is 0.867. The number of rotatable bonds is 4. The van der Waals surface area contributed by atoms with Gasteiger partial charge in [0.05, 0.1) is 0 Å². The molecule has 0 bridgehead atoms. The number of hydrogen-bond acceptors (Lipinski definition) is 4. The average molecular weight is 263 g/mol. The quantitative estimate of drug-likeness (QED) is 0.906. The fourth-order valence-electron chi connectivity index (χ4n) is 3.71. The van der Waals surface area contributed by atoms with Gasteiger partial charge in [-0.05, 0) is 43.9 Å². The van der Waals surface area contributed by atoms with Gasteiger partial charge >= 0.3 is 0 Å². The number of nitrogens with zero attached hydrogens (tertiary/aromatic N) is 2. The van der Waals surface area contributed by atoms with Gasteiger partial charge in [-0.25, -0.2) is 0 Å². The predicted octanol–water partition coefficient (Wildman–Crippen LogP) is 3.03. The van der Waals surface area contributed by atoms with Gasteiger partial charge in [0.1, 0.15) is 0 Å². The summed E-state index contributed by atoms with van der Waals surface area (Å²) in [4.78, 5) is 4.58. The van der Waals surface area contributed by atoms with E-state index in [9.17, 15) is 0 Å². The van der Waals surface area contributed by atoms with Crippen molar-refractivity contribution in [2.75, 3.05) is 0 Å². The first-order valence-corrected chi connectivity index (χ1v) is 7.80. The second-order valence-electron chi connectivity index (χ2n) is 6.57. The van der Waals surface area contributed by atoms with Gasteiger partial charge in [0.2, 0.25) is 5.89 Å². The van der Waals surface area contributed by atoms with E-state index in [0.717, 1.165) is 24.1 Å². The van der Waals surface area contributed by atoms with Gasteiger partial charge in [-0.1, -0.05) is 24.9 Å². The van der Waals surface area contributed by atoms with Crippen LogP contribution in [-0.4, -0.2) is 16.2 Å². The molecule has 2 aliphatic carbocycles. The van der Waals surface area contributed by atoms with Gasteiger partial charge in [-0.15, -0.1) is 0 Å². The molecule has 106 valence electrons. The van der Waals surface area contributed by atoms with Gasteiger partial charge < -0.3 is 10.3 Å². The zero-order chi connectivity index (χ0) is 13.2. The van der Waals surface area contributed by atoms with Crippen LogP contribution in [-0.2, 0) is 6.42 Å². The van der Waals surface area contributed by atoms with Crippen molar-refractivity contribution in [3.8, 4) is 0 Å². The highest BCUT2D eigenvalue weighted by Gasteiger charge is 2.28. The Kier molecular flexibility index (Phi) is 3.87. The summed E-state index contributed by atoms with van der Waals surface area (Å²) in [6.07, 6.45) is 9.63. The lowest BCUT2D eigenvalue weighted by Crippen LogP contribution is -2.30. The molecule has 3 rings (SSSR count). The minimum Gasteiger partial charge on any atom is -0.339 e. The zero-order valence-electron chi connectivity index (χ0n) is 11.8. The molecule has 0 aliphatic heterocycles. The van der Waals surface area contributed by atoms with Gasteiger partial charge in [0.15, 0.2) is 5.82 Å². The van der Waals surface area contributed by atoms with Crippen LogP contribution in [0.15, 0.2) is 4.52 Å². The van der Waals surface area contributed by atoms with Gasteiger partial charge in [-0.3, -0.25) is 0 Å². The molecule has 0 radical (unpaired) electrons. The molecule has 4 heteroatoms. The number of aromatic nitrogens is 2. The van der Waals surface area contributed by atoms with Crippen molar-refractivity contribution in [2.24, 2.45) is 17.6 Å². The lowest BCUT2D eigenvalue weighted by atomic mass is 9.96. The Hall–Kier alpha value is -0.900. The van der Waals surface area contributed by atoms with E-state index in [1.165, 1.54) is 44.9 Å². The molecule has 0 aromatic carbocycles. The highest BCUT2D eigenvalue weighted by atomic mass is 16.5. The maximum absolute atomic E-state index is 6.27. The van der Waals surface area contributed by atoms with Crippen molar-refractivity contribution in [2.45, 2.75) is 70.3 Å². The van der Waals surface area contributed by atoms with Crippen molar-refractivity contribution >= 4 is 0 Å². The fourth-order valence-corrected chi connectivity index (χ4v) is 3.71. The molecule has 3 unspecified atom stereocenters. The van der Waals surface area contributed by atoms with E-state index in [2.05, 4.69) is 17.1 Å². The van der Waals surface area contributed by atoms with Crippen LogP contribution in [0.5, 0.6) is 0 Å². The molecule has 2 N–H and O–H groups in total. The molecule has 1 aromatic heterocycles. The van der Waals surface area contributed by atoms with Gasteiger partial charge in [0, 0.05) is 18.4 Å². The topological polar surface area (TPSA) is 64.9 Å². The predicted molar refractivity (Wildman–Crippen MR) is 73.7 cm³/mol. The van der Waals surface area contributed by atoms with Crippen LogP contribution in [0, 0.1) is 11.8 Å². The van der Waals surface area contributed by atoms with Crippen LogP contribution in [0.2, 0.25) is 0 Å². The lowest BCUT2D eigenvalue weighted by molar-refractivity contribution is 0.337. The molecule has 2 aliphatic rings. The van der Waals surface area contributed by atoms with Crippen LogP contribution < -0.4 is 5.73 Å². The van der Waals surface area contributed by atoms with E-state index in [0.29, 0.717) is 11.8 Å². The second kappa shape index (κ2) is 5.61. The van der Waals surface area contributed by atoms with Crippen molar-refractivity contribution in [3.63, 3.8) is 0 Å². The Morgan fingerprint density at radius 3 is 2.74 bits per heavy atom. The summed E-state index contributed by atoms with van der Waals surface area (Å²) in [5, 5.41) is 4.17. The molecule has 19 heavy (non-hydrogen) atoms. The molecule has 1 aromatic rings. The third-order valence-corrected chi connectivity index (χ3v) is 4.96. The van der Waals surface area contributed by atoms with E-state index in [-0.39, 0.29) is 6.04 Å². The van der Waals surface area contributed by atoms with Crippen LogP contribution >= 0.6 is 0 Å². The lowest BCUT2D eigenvalue weighted by Gasteiger charge is -2.16. The molecule has 0 saturated heterocycles. The molecule has 4 nitrogen and oxygen atoms in total. The number of hydrogen-bond donors (Lipinski definition) is 1.